The fraction of sp³-hybridized carbons (Fsp3) is 0.393. The molecule has 6 rings (SSSR count). The average molecular weight is 497 g/mol. The zero-order chi connectivity index (χ0) is 25.4. The Morgan fingerprint density at radius 3 is 2.59 bits per heavy atom. The number of carbonyl (C=O) groups excluding carboxylic acids is 1. The Kier molecular flexibility index (Phi) is 6.30. The number of H-pyrrole nitrogens is 1. The third-order valence-corrected chi connectivity index (χ3v) is 7.58. The van der Waals surface area contributed by atoms with E-state index >= 15 is 0 Å². The number of nitrogens with one attached hydrogen (secondary N) is 2. The summed E-state index contributed by atoms with van der Waals surface area (Å²) in [5.74, 6) is 0.735. The molecule has 0 unspecified atom stereocenters. The van der Waals surface area contributed by atoms with Gasteiger partial charge in [-0.25, -0.2) is 9.97 Å². The van der Waals surface area contributed by atoms with Gasteiger partial charge in [0.25, 0.3) is 5.91 Å². The number of hydrogen-bond acceptors (Lipinski definition) is 7. The fourth-order valence-electron chi connectivity index (χ4n) is 5.69. The zero-order valence-electron chi connectivity index (χ0n) is 21.4. The molecule has 2 aliphatic heterocycles. The van der Waals surface area contributed by atoms with Crippen LogP contribution in [0.2, 0.25) is 0 Å². The Hall–Kier alpha value is -3.85. The number of aryl methyl sites for hydroxylation is 2. The van der Waals surface area contributed by atoms with Crippen LogP contribution in [0.15, 0.2) is 42.6 Å². The van der Waals surface area contributed by atoms with E-state index in [9.17, 15) is 4.79 Å². The fourth-order valence-corrected chi connectivity index (χ4v) is 5.69. The number of aromatic amines is 1. The van der Waals surface area contributed by atoms with Crippen LogP contribution < -0.4 is 5.32 Å². The van der Waals surface area contributed by atoms with Gasteiger partial charge in [0.15, 0.2) is 0 Å². The number of fused-ring (bicyclic) bond motifs is 2. The molecule has 0 saturated carbocycles. The molecule has 9 heteroatoms. The van der Waals surface area contributed by atoms with Crippen molar-refractivity contribution in [2.75, 3.05) is 31.5 Å². The summed E-state index contributed by atoms with van der Waals surface area (Å²) >= 11 is 0. The molecule has 37 heavy (non-hydrogen) atoms. The number of rotatable bonds is 4. The standard InChI is InChI=1S/C28H32N8O/c1-18-13-19(2)15-22(14-18)30-28-29-17-21-5-9-35(12-8-24(21)31-28)23-6-10-36(11-7-23)27(37)20-3-4-25-26(16-20)33-34-32-25/h3-4,13-17,23H,5-12H2,1-2H3,(H,29,30,31)(H,32,33,34). The molecular weight excluding hydrogens is 464 g/mol. The minimum atomic E-state index is 0.0747. The van der Waals surface area contributed by atoms with Gasteiger partial charge in [-0.3, -0.25) is 14.8 Å². The lowest BCUT2D eigenvalue weighted by molar-refractivity contribution is 0.0624. The highest BCUT2D eigenvalue weighted by Crippen LogP contribution is 2.24. The van der Waals surface area contributed by atoms with E-state index in [1.54, 1.807) is 0 Å². The Bertz CT molecular complexity index is 1420. The summed E-state index contributed by atoms with van der Waals surface area (Å²) in [7, 11) is 0. The lowest BCUT2D eigenvalue weighted by Gasteiger charge is -2.38. The number of anilines is 2. The molecular formula is C28H32N8O. The molecule has 4 aromatic rings. The van der Waals surface area contributed by atoms with Crippen LogP contribution in [-0.4, -0.2) is 73.3 Å². The van der Waals surface area contributed by atoms with Gasteiger partial charge in [0, 0.05) is 56.1 Å². The highest BCUT2D eigenvalue weighted by Gasteiger charge is 2.29. The molecule has 4 heterocycles. The Morgan fingerprint density at radius 2 is 1.78 bits per heavy atom. The van der Waals surface area contributed by atoms with Crippen LogP contribution in [0.1, 0.15) is 45.6 Å². The number of likely N-dealkylation sites (tertiary alicyclic amines) is 1. The second kappa shape index (κ2) is 9.89. The van der Waals surface area contributed by atoms with E-state index in [0.717, 1.165) is 74.3 Å². The second-order valence-corrected chi connectivity index (χ2v) is 10.3. The molecule has 0 spiro atoms. The normalized spacial score (nSPS) is 17.0. The maximum absolute atomic E-state index is 13.1. The smallest absolute Gasteiger partial charge is 0.253 e. The van der Waals surface area contributed by atoms with Crippen LogP contribution in [-0.2, 0) is 12.8 Å². The van der Waals surface area contributed by atoms with Crippen LogP contribution in [0.3, 0.4) is 0 Å². The number of carbonyl (C=O) groups is 1. The predicted octanol–water partition coefficient (Wildman–Crippen LogP) is 3.81. The van der Waals surface area contributed by atoms with E-state index in [2.05, 4.69) is 62.7 Å². The second-order valence-electron chi connectivity index (χ2n) is 10.3. The summed E-state index contributed by atoms with van der Waals surface area (Å²) < 4.78 is 0. The molecule has 1 fully saturated rings. The first-order valence-corrected chi connectivity index (χ1v) is 13.1. The van der Waals surface area contributed by atoms with Gasteiger partial charge < -0.3 is 10.2 Å². The summed E-state index contributed by atoms with van der Waals surface area (Å²) in [5, 5.41) is 14.1. The van der Waals surface area contributed by atoms with Crippen molar-refractivity contribution in [3.8, 4) is 0 Å². The van der Waals surface area contributed by atoms with E-state index in [0.29, 0.717) is 17.6 Å². The van der Waals surface area contributed by atoms with Gasteiger partial charge in [0.2, 0.25) is 5.95 Å². The first-order chi connectivity index (χ1) is 18.0. The SMILES string of the molecule is Cc1cc(C)cc(Nc2ncc3c(n2)CCN(C2CCN(C(=O)c4ccc5[nH]nnc5c4)CC2)CC3)c1. The molecule has 2 N–H and O–H groups in total. The van der Waals surface area contributed by atoms with E-state index in [4.69, 9.17) is 4.98 Å². The van der Waals surface area contributed by atoms with Gasteiger partial charge in [-0.2, -0.15) is 0 Å². The molecule has 2 aliphatic rings. The Balaban J connectivity index is 1.06. The number of nitrogens with zero attached hydrogens (tertiary/aromatic N) is 6. The predicted molar refractivity (Wildman–Crippen MR) is 143 cm³/mol. The summed E-state index contributed by atoms with van der Waals surface area (Å²) in [5.41, 5.74) is 8.08. The van der Waals surface area contributed by atoms with E-state index in [1.165, 1.54) is 16.7 Å². The number of benzene rings is 2. The van der Waals surface area contributed by atoms with Crippen LogP contribution >= 0.6 is 0 Å². The average Bonchev–Trinajstić information content (AvgIpc) is 3.26. The van der Waals surface area contributed by atoms with Gasteiger partial charge in [-0.15, -0.1) is 5.10 Å². The number of aromatic nitrogens is 5. The summed E-state index contributed by atoms with van der Waals surface area (Å²) in [6.07, 6.45) is 5.83. The Morgan fingerprint density at radius 1 is 1.00 bits per heavy atom. The lowest BCUT2D eigenvalue weighted by atomic mass is 10.0. The number of piperidine rings is 1. The zero-order valence-corrected chi connectivity index (χ0v) is 21.4. The third kappa shape index (κ3) is 5.04. The van der Waals surface area contributed by atoms with Gasteiger partial charge >= 0.3 is 0 Å². The molecule has 0 radical (unpaired) electrons. The van der Waals surface area contributed by atoms with Gasteiger partial charge in [-0.1, -0.05) is 11.3 Å². The van der Waals surface area contributed by atoms with Crippen LogP contribution in [0, 0.1) is 13.8 Å². The van der Waals surface area contributed by atoms with Gasteiger partial charge in [0.1, 0.15) is 5.52 Å². The van der Waals surface area contributed by atoms with E-state index < -0.39 is 0 Å². The van der Waals surface area contributed by atoms with Crippen molar-refractivity contribution in [1.29, 1.82) is 0 Å². The molecule has 0 atom stereocenters. The summed E-state index contributed by atoms with van der Waals surface area (Å²) in [6, 6.07) is 12.4. The highest BCUT2D eigenvalue weighted by molar-refractivity contribution is 5.97. The monoisotopic (exact) mass is 496 g/mol. The minimum absolute atomic E-state index is 0.0747. The van der Waals surface area contributed by atoms with Crippen molar-refractivity contribution >= 4 is 28.6 Å². The first-order valence-electron chi connectivity index (χ1n) is 13.1. The molecule has 9 nitrogen and oxygen atoms in total. The van der Waals surface area contributed by atoms with Gasteiger partial charge in [-0.05, 0) is 80.1 Å². The highest BCUT2D eigenvalue weighted by atomic mass is 16.2. The van der Waals surface area contributed by atoms with Crippen molar-refractivity contribution in [3.05, 3.63) is 70.5 Å². The molecule has 0 bridgehead atoms. The van der Waals surface area contributed by atoms with Crippen molar-refractivity contribution in [3.63, 3.8) is 0 Å². The van der Waals surface area contributed by atoms with Crippen molar-refractivity contribution in [2.45, 2.75) is 45.6 Å². The maximum Gasteiger partial charge on any atom is 0.253 e. The van der Waals surface area contributed by atoms with Crippen molar-refractivity contribution in [2.24, 2.45) is 0 Å². The molecule has 190 valence electrons. The van der Waals surface area contributed by atoms with E-state index in [-0.39, 0.29) is 5.91 Å². The van der Waals surface area contributed by atoms with Gasteiger partial charge in [0.05, 0.1) is 11.2 Å². The van der Waals surface area contributed by atoms with Crippen LogP contribution in [0.5, 0.6) is 0 Å². The number of hydrogen-bond donors (Lipinski definition) is 2. The third-order valence-electron chi connectivity index (χ3n) is 7.58. The first kappa shape index (κ1) is 23.5. The largest absolute Gasteiger partial charge is 0.339 e. The minimum Gasteiger partial charge on any atom is -0.339 e. The topological polar surface area (TPSA) is 103 Å². The molecule has 2 aromatic carbocycles. The molecule has 0 aliphatic carbocycles. The molecule has 1 amide bonds. The maximum atomic E-state index is 13.1. The van der Waals surface area contributed by atoms with E-state index in [1.807, 2.05) is 29.3 Å². The molecule has 2 aromatic heterocycles. The lowest BCUT2D eigenvalue weighted by Crippen LogP contribution is -2.47. The Labute approximate surface area is 216 Å². The summed E-state index contributed by atoms with van der Waals surface area (Å²) in [4.78, 5) is 27.1. The quantitative estimate of drug-likeness (QED) is 0.443. The number of amides is 1. The molecule has 1 saturated heterocycles. The van der Waals surface area contributed by atoms with Crippen LogP contribution in [0.4, 0.5) is 11.6 Å². The summed E-state index contributed by atoms with van der Waals surface area (Å²) in [6.45, 7) is 7.72. The van der Waals surface area contributed by atoms with Crippen molar-refractivity contribution < 1.29 is 4.79 Å². The van der Waals surface area contributed by atoms with Crippen molar-refractivity contribution in [1.82, 2.24) is 35.2 Å². The van der Waals surface area contributed by atoms with Crippen LogP contribution in [0.25, 0.3) is 11.0 Å².